The molecule has 0 spiro atoms. The van der Waals surface area contributed by atoms with E-state index in [4.69, 9.17) is 0 Å². The molecule has 3 rings (SSSR count). The highest BCUT2D eigenvalue weighted by Crippen LogP contribution is 2.38. The maximum atomic E-state index is 3.09. The van der Waals surface area contributed by atoms with E-state index < -0.39 is 0 Å². The van der Waals surface area contributed by atoms with Crippen molar-refractivity contribution in [1.82, 2.24) is 0 Å². The van der Waals surface area contributed by atoms with Crippen LogP contribution in [0.25, 0.3) is 11.1 Å². The Labute approximate surface area is 141 Å². The topological polar surface area (TPSA) is 0 Å². The van der Waals surface area contributed by atoms with Crippen LogP contribution < -0.4 is 0 Å². The van der Waals surface area contributed by atoms with Gasteiger partial charge in [0.15, 0.2) is 0 Å². The molecule has 2 aromatic rings. The maximum absolute atomic E-state index is 3.09. The number of hydrogen-bond donors (Lipinski definition) is 0. The fourth-order valence-electron chi connectivity index (χ4n) is 3.99. The lowest BCUT2D eigenvalue weighted by molar-refractivity contribution is 0.303. The van der Waals surface area contributed by atoms with Gasteiger partial charge in [-0.25, -0.2) is 0 Å². The van der Waals surface area contributed by atoms with Crippen molar-refractivity contribution in [2.45, 2.75) is 64.2 Å². The van der Waals surface area contributed by atoms with E-state index in [2.05, 4.69) is 49.4 Å². The van der Waals surface area contributed by atoms with Crippen LogP contribution in [0.4, 0.5) is 0 Å². The maximum Gasteiger partial charge on any atom is -0.0162 e. The minimum absolute atomic E-state index is 0.788. The molecule has 0 saturated heterocycles. The van der Waals surface area contributed by atoms with Gasteiger partial charge in [-0.2, -0.15) is 0 Å². The van der Waals surface area contributed by atoms with Gasteiger partial charge in [-0.1, -0.05) is 81.1 Å². The molecular weight excluding hydrogens is 276 g/mol. The molecule has 0 N–H and O–H groups in total. The standard InChI is InChI=1S/C23H29/c1-2-3-5-8-19-11-13-21(14-12-19)23-17-15-22(16-18-23)20-9-6-4-7-10-20/h6-7,9-10,15-19,21H,2-3,5,8,11-14H2,1H3/t19-,21-. The Morgan fingerprint density at radius 1 is 0.826 bits per heavy atom. The monoisotopic (exact) mass is 305 g/mol. The van der Waals surface area contributed by atoms with Crippen LogP contribution >= 0.6 is 0 Å². The molecule has 0 bridgehead atoms. The molecule has 2 aromatic carbocycles. The van der Waals surface area contributed by atoms with Crippen molar-refractivity contribution in [3.05, 3.63) is 60.2 Å². The van der Waals surface area contributed by atoms with E-state index >= 15 is 0 Å². The first-order valence-electron chi connectivity index (χ1n) is 9.43. The average Bonchev–Trinajstić information content (AvgIpc) is 2.63. The first-order chi connectivity index (χ1) is 11.4. The Bertz CT molecular complexity index is 559. The predicted octanol–water partition coefficient (Wildman–Crippen LogP) is 7.01. The Kier molecular flexibility index (Phi) is 5.91. The molecule has 0 aromatic heterocycles. The van der Waals surface area contributed by atoms with Crippen LogP contribution in [0.5, 0.6) is 0 Å². The molecule has 121 valence electrons. The Hall–Kier alpha value is -1.56. The van der Waals surface area contributed by atoms with Gasteiger partial charge < -0.3 is 0 Å². The highest BCUT2D eigenvalue weighted by molar-refractivity contribution is 5.63. The SMILES string of the molecule is CCCCC[C@H]1CC[C@H](c2ccc(-c3cc[c]cc3)cc2)CC1. The largest absolute Gasteiger partial charge is 0.0654 e. The van der Waals surface area contributed by atoms with Crippen LogP contribution in [0.15, 0.2) is 48.5 Å². The van der Waals surface area contributed by atoms with E-state index in [0.29, 0.717) is 0 Å². The minimum Gasteiger partial charge on any atom is -0.0654 e. The van der Waals surface area contributed by atoms with Crippen LogP contribution in [-0.4, -0.2) is 0 Å². The van der Waals surface area contributed by atoms with Crippen molar-refractivity contribution in [2.75, 3.05) is 0 Å². The lowest BCUT2D eigenvalue weighted by Gasteiger charge is -2.29. The quantitative estimate of drug-likeness (QED) is 0.504. The molecule has 1 saturated carbocycles. The lowest BCUT2D eigenvalue weighted by Crippen LogP contribution is -2.13. The molecule has 0 atom stereocenters. The normalized spacial score (nSPS) is 21.3. The average molecular weight is 305 g/mol. The fraction of sp³-hybridized carbons (Fsp3) is 0.478. The van der Waals surface area contributed by atoms with Crippen LogP contribution in [0, 0.1) is 12.0 Å². The van der Waals surface area contributed by atoms with Gasteiger partial charge in [-0.3, -0.25) is 0 Å². The number of hydrogen-bond acceptors (Lipinski definition) is 0. The van der Waals surface area contributed by atoms with Crippen molar-refractivity contribution in [1.29, 1.82) is 0 Å². The molecule has 0 amide bonds. The summed E-state index contributed by atoms with van der Waals surface area (Å²) in [5, 5.41) is 0. The predicted molar refractivity (Wildman–Crippen MR) is 99.6 cm³/mol. The summed E-state index contributed by atoms with van der Waals surface area (Å²) in [6, 6.07) is 20.6. The van der Waals surface area contributed by atoms with E-state index in [1.54, 1.807) is 5.56 Å². The summed E-state index contributed by atoms with van der Waals surface area (Å²) in [5.41, 5.74) is 4.15. The summed E-state index contributed by atoms with van der Waals surface area (Å²) < 4.78 is 0. The second-order valence-electron chi connectivity index (χ2n) is 7.12. The molecule has 1 aliphatic rings. The van der Waals surface area contributed by atoms with Crippen molar-refractivity contribution in [2.24, 2.45) is 5.92 Å². The van der Waals surface area contributed by atoms with E-state index in [9.17, 15) is 0 Å². The summed E-state index contributed by atoms with van der Waals surface area (Å²) >= 11 is 0. The van der Waals surface area contributed by atoms with Crippen molar-refractivity contribution < 1.29 is 0 Å². The number of rotatable bonds is 6. The van der Waals surface area contributed by atoms with Gasteiger partial charge >= 0.3 is 0 Å². The van der Waals surface area contributed by atoms with Gasteiger partial charge in [0, 0.05) is 0 Å². The van der Waals surface area contributed by atoms with Gasteiger partial charge in [0.05, 0.1) is 0 Å². The van der Waals surface area contributed by atoms with Crippen LogP contribution in [0.3, 0.4) is 0 Å². The summed E-state index contributed by atoms with van der Waals surface area (Å²) in [6.07, 6.45) is 11.3. The van der Waals surface area contributed by atoms with E-state index in [0.717, 1.165) is 11.8 Å². The minimum atomic E-state index is 0.788. The van der Waals surface area contributed by atoms with Crippen molar-refractivity contribution in [3.63, 3.8) is 0 Å². The van der Waals surface area contributed by atoms with Crippen molar-refractivity contribution in [3.8, 4) is 11.1 Å². The number of benzene rings is 2. The van der Waals surface area contributed by atoms with Crippen LogP contribution in [0.2, 0.25) is 0 Å². The Morgan fingerprint density at radius 2 is 1.48 bits per heavy atom. The molecule has 23 heavy (non-hydrogen) atoms. The molecule has 0 heterocycles. The lowest BCUT2D eigenvalue weighted by atomic mass is 9.77. The molecular formula is C23H29. The Balaban J connectivity index is 1.55. The summed E-state index contributed by atoms with van der Waals surface area (Å²) in [4.78, 5) is 0. The second-order valence-corrected chi connectivity index (χ2v) is 7.12. The molecule has 0 heteroatoms. The summed E-state index contributed by atoms with van der Waals surface area (Å²) in [7, 11) is 0. The van der Waals surface area contributed by atoms with Crippen LogP contribution in [0.1, 0.15) is 69.8 Å². The van der Waals surface area contributed by atoms with E-state index in [1.165, 1.54) is 62.5 Å². The molecule has 0 aliphatic heterocycles. The van der Waals surface area contributed by atoms with Gasteiger partial charge in [-0.15, -0.1) is 0 Å². The van der Waals surface area contributed by atoms with Crippen molar-refractivity contribution >= 4 is 0 Å². The summed E-state index contributed by atoms with van der Waals surface area (Å²) in [5.74, 6) is 1.79. The van der Waals surface area contributed by atoms with Gasteiger partial charge in [0.2, 0.25) is 0 Å². The van der Waals surface area contributed by atoms with Gasteiger partial charge in [0.25, 0.3) is 0 Å². The van der Waals surface area contributed by atoms with Gasteiger partial charge in [-0.05, 0) is 60.3 Å². The third-order valence-electron chi connectivity index (χ3n) is 5.50. The third kappa shape index (κ3) is 4.47. The molecule has 1 radical (unpaired) electrons. The highest BCUT2D eigenvalue weighted by atomic mass is 14.3. The molecule has 1 fully saturated rings. The second kappa shape index (κ2) is 8.34. The van der Waals surface area contributed by atoms with E-state index in [1.807, 2.05) is 12.1 Å². The zero-order valence-corrected chi connectivity index (χ0v) is 14.4. The fourth-order valence-corrected chi connectivity index (χ4v) is 3.99. The molecule has 0 unspecified atom stereocenters. The first-order valence-corrected chi connectivity index (χ1v) is 9.43. The third-order valence-corrected chi connectivity index (χ3v) is 5.50. The number of unbranched alkanes of at least 4 members (excludes halogenated alkanes) is 2. The first kappa shape index (κ1) is 16.3. The Morgan fingerprint density at radius 3 is 2.13 bits per heavy atom. The zero-order chi connectivity index (χ0) is 15.9. The highest BCUT2D eigenvalue weighted by Gasteiger charge is 2.21. The molecule has 1 aliphatic carbocycles. The van der Waals surface area contributed by atoms with Gasteiger partial charge in [0.1, 0.15) is 0 Å². The smallest absolute Gasteiger partial charge is 0.0162 e. The molecule has 0 nitrogen and oxygen atoms in total. The zero-order valence-electron chi connectivity index (χ0n) is 14.4. The van der Waals surface area contributed by atoms with E-state index in [-0.39, 0.29) is 0 Å². The van der Waals surface area contributed by atoms with Crippen LogP contribution in [-0.2, 0) is 0 Å². The summed E-state index contributed by atoms with van der Waals surface area (Å²) in [6.45, 7) is 2.30.